The maximum absolute atomic E-state index is 4.14. The van der Waals surface area contributed by atoms with Crippen LogP contribution in [0.4, 0.5) is 0 Å². The van der Waals surface area contributed by atoms with Gasteiger partial charge in [0.1, 0.15) is 4.34 Å². The van der Waals surface area contributed by atoms with Crippen molar-refractivity contribution in [3.05, 3.63) is 23.7 Å². The minimum atomic E-state index is 1.03. The Morgan fingerprint density at radius 1 is 1.80 bits per heavy atom. The summed E-state index contributed by atoms with van der Waals surface area (Å²) < 4.78 is 1.15. The van der Waals surface area contributed by atoms with Crippen molar-refractivity contribution in [2.24, 2.45) is 0 Å². The van der Waals surface area contributed by atoms with E-state index in [-0.39, 0.29) is 0 Å². The molecule has 54 valence electrons. The van der Waals surface area contributed by atoms with Crippen molar-refractivity contribution >= 4 is 23.1 Å². The number of hydrogen-bond acceptors (Lipinski definition) is 3. The van der Waals surface area contributed by atoms with E-state index in [1.54, 1.807) is 23.1 Å². The topological polar surface area (TPSA) is 12.9 Å². The van der Waals surface area contributed by atoms with Gasteiger partial charge in [0.05, 0.1) is 0 Å². The fraction of sp³-hybridized carbons (Fsp3) is 0.286. The highest BCUT2D eigenvalue weighted by molar-refractivity contribution is 8.01. The van der Waals surface area contributed by atoms with Crippen LogP contribution in [0.2, 0.25) is 0 Å². The van der Waals surface area contributed by atoms with Crippen LogP contribution in [0.1, 0.15) is 6.92 Å². The maximum atomic E-state index is 4.14. The van der Waals surface area contributed by atoms with E-state index in [2.05, 4.69) is 17.1 Å². The molecule has 0 saturated heterocycles. The van der Waals surface area contributed by atoms with Crippen LogP contribution in [0.15, 0.2) is 28.1 Å². The average Bonchev–Trinajstić information content (AvgIpc) is 2.41. The van der Waals surface area contributed by atoms with Crippen molar-refractivity contribution in [2.75, 3.05) is 5.75 Å². The smallest absolute Gasteiger partial charge is 0.150 e. The van der Waals surface area contributed by atoms with E-state index in [0.717, 1.165) is 10.1 Å². The third kappa shape index (κ3) is 2.54. The molecule has 0 atom stereocenters. The molecule has 0 unspecified atom stereocenters. The van der Waals surface area contributed by atoms with Crippen molar-refractivity contribution in [3.8, 4) is 0 Å². The molecule has 1 aromatic heterocycles. The fourth-order valence-corrected chi connectivity index (χ4v) is 2.07. The first-order valence-corrected chi connectivity index (χ1v) is 4.93. The van der Waals surface area contributed by atoms with Crippen LogP contribution >= 0.6 is 23.1 Å². The molecule has 0 aliphatic rings. The SMILES string of the molecule is C/C=C/CSc1nccs1. The number of thiazole rings is 1. The van der Waals surface area contributed by atoms with Gasteiger partial charge in [-0.3, -0.25) is 0 Å². The Balaban J connectivity index is 2.28. The van der Waals surface area contributed by atoms with Gasteiger partial charge in [-0.05, 0) is 6.92 Å². The van der Waals surface area contributed by atoms with E-state index in [1.807, 2.05) is 18.5 Å². The molecule has 1 nitrogen and oxygen atoms in total. The quantitative estimate of drug-likeness (QED) is 0.512. The molecule has 1 heterocycles. The number of nitrogens with zero attached hydrogens (tertiary/aromatic N) is 1. The second-order valence-corrected chi connectivity index (χ2v) is 3.84. The largest absolute Gasteiger partial charge is 0.238 e. The molecule has 0 aromatic carbocycles. The summed E-state index contributed by atoms with van der Waals surface area (Å²) in [5, 5.41) is 2.00. The summed E-state index contributed by atoms with van der Waals surface area (Å²) in [6.07, 6.45) is 6.02. The van der Waals surface area contributed by atoms with E-state index in [4.69, 9.17) is 0 Å². The van der Waals surface area contributed by atoms with Gasteiger partial charge in [-0.25, -0.2) is 4.98 Å². The van der Waals surface area contributed by atoms with Crippen LogP contribution in [0.5, 0.6) is 0 Å². The molecule has 0 radical (unpaired) electrons. The Bertz CT molecular complexity index is 191. The Morgan fingerprint density at radius 3 is 3.30 bits per heavy atom. The van der Waals surface area contributed by atoms with Gasteiger partial charge in [0.25, 0.3) is 0 Å². The maximum Gasteiger partial charge on any atom is 0.150 e. The van der Waals surface area contributed by atoms with Gasteiger partial charge in [0.2, 0.25) is 0 Å². The van der Waals surface area contributed by atoms with Crippen LogP contribution in [-0.4, -0.2) is 10.7 Å². The van der Waals surface area contributed by atoms with E-state index < -0.39 is 0 Å². The average molecular weight is 171 g/mol. The second kappa shape index (κ2) is 4.52. The third-order valence-corrected chi connectivity index (χ3v) is 2.87. The lowest BCUT2D eigenvalue weighted by molar-refractivity contribution is 1.25. The number of rotatable bonds is 3. The minimum Gasteiger partial charge on any atom is -0.238 e. The first kappa shape index (κ1) is 7.82. The third-order valence-electron chi connectivity index (χ3n) is 0.948. The summed E-state index contributed by atoms with van der Waals surface area (Å²) in [6, 6.07) is 0. The predicted molar refractivity (Wildman–Crippen MR) is 47.7 cm³/mol. The molecular weight excluding hydrogens is 162 g/mol. The molecule has 0 bridgehead atoms. The predicted octanol–water partition coefficient (Wildman–Crippen LogP) is 2.81. The summed E-state index contributed by atoms with van der Waals surface area (Å²) in [4.78, 5) is 4.14. The van der Waals surface area contributed by atoms with Gasteiger partial charge in [0, 0.05) is 17.3 Å². The van der Waals surface area contributed by atoms with Crippen LogP contribution in [-0.2, 0) is 0 Å². The van der Waals surface area contributed by atoms with E-state index in [9.17, 15) is 0 Å². The number of thioether (sulfide) groups is 1. The van der Waals surface area contributed by atoms with Crippen LogP contribution in [0, 0.1) is 0 Å². The van der Waals surface area contributed by atoms with E-state index in [1.165, 1.54) is 0 Å². The zero-order chi connectivity index (χ0) is 7.23. The van der Waals surface area contributed by atoms with Gasteiger partial charge in [-0.15, -0.1) is 11.3 Å². The molecule has 0 saturated carbocycles. The highest BCUT2D eigenvalue weighted by Crippen LogP contribution is 2.19. The molecule has 0 amide bonds. The van der Waals surface area contributed by atoms with Crippen molar-refractivity contribution in [1.82, 2.24) is 4.98 Å². The molecule has 1 aromatic rings. The summed E-state index contributed by atoms with van der Waals surface area (Å²) in [6.45, 7) is 2.03. The highest BCUT2D eigenvalue weighted by atomic mass is 32.2. The number of allylic oxidation sites excluding steroid dienone is 1. The number of aromatic nitrogens is 1. The minimum absolute atomic E-state index is 1.03. The molecule has 0 aliphatic heterocycles. The van der Waals surface area contributed by atoms with Gasteiger partial charge < -0.3 is 0 Å². The van der Waals surface area contributed by atoms with Crippen molar-refractivity contribution in [3.63, 3.8) is 0 Å². The summed E-state index contributed by atoms with van der Waals surface area (Å²) >= 11 is 3.46. The van der Waals surface area contributed by atoms with Crippen molar-refractivity contribution in [2.45, 2.75) is 11.3 Å². The highest BCUT2D eigenvalue weighted by Gasteiger charge is 1.91. The van der Waals surface area contributed by atoms with Gasteiger partial charge in [0.15, 0.2) is 0 Å². The van der Waals surface area contributed by atoms with Crippen molar-refractivity contribution < 1.29 is 0 Å². The summed E-state index contributed by atoms with van der Waals surface area (Å²) in [7, 11) is 0. The molecule has 3 heteroatoms. The Morgan fingerprint density at radius 2 is 2.70 bits per heavy atom. The van der Waals surface area contributed by atoms with Gasteiger partial charge in [-0.2, -0.15) is 0 Å². The zero-order valence-electron chi connectivity index (χ0n) is 5.78. The summed E-state index contributed by atoms with van der Waals surface area (Å²) in [5.74, 6) is 1.03. The zero-order valence-corrected chi connectivity index (χ0v) is 7.41. The standard InChI is InChI=1S/C7H9NS2/c1-2-3-5-9-7-8-4-6-10-7/h2-4,6H,5H2,1H3/b3-2+. The van der Waals surface area contributed by atoms with Crippen molar-refractivity contribution in [1.29, 1.82) is 0 Å². The van der Waals surface area contributed by atoms with Crippen LogP contribution in [0.25, 0.3) is 0 Å². The van der Waals surface area contributed by atoms with E-state index >= 15 is 0 Å². The molecule has 1 rings (SSSR count). The monoisotopic (exact) mass is 171 g/mol. The lowest BCUT2D eigenvalue weighted by atomic mass is 10.6. The van der Waals surface area contributed by atoms with Crippen LogP contribution < -0.4 is 0 Å². The molecule has 0 N–H and O–H groups in total. The lowest BCUT2D eigenvalue weighted by Gasteiger charge is -1.87. The Labute approximate surface area is 69.2 Å². The Hall–Kier alpha value is -0.280. The fourth-order valence-electron chi connectivity index (χ4n) is 0.497. The van der Waals surface area contributed by atoms with Crippen LogP contribution in [0.3, 0.4) is 0 Å². The summed E-state index contributed by atoms with van der Waals surface area (Å²) in [5.41, 5.74) is 0. The second-order valence-electron chi connectivity index (χ2n) is 1.68. The Kier molecular flexibility index (Phi) is 3.54. The van der Waals surface area contributed by atoms with Gasteiger partial charge in [-0.1, -0.05) is 23.9 Å². The molecule has 10 heavy (non-hydrogen) atoms. The lowest BCUT2D eigenvalue weighted by Crippen LogP contribution is -1.69. The molecule has 0 aliphatic carbocycles. The molecule has 0 spiro atoms. The van der Waals surface area contributed by atoms with Gasteiger partial charge >= 0.3 is 0 Å². The normalized spacial score (nSPS) is 10.9. The molecule has 0 fully saturated rings. The first-order valence-electron chi connectivity index (χ1n) is 3.07. The molecular formula is C7H9NS2. The number of hydrogen-bond donors (Lipinski definition) is 0. The van der Waals surface area contributed by atoms with E-state index in [0.29, 0.717) is 0 Å². The first-order chi connectivity index (χ1) is 4.93.